The molecule has 4 aliphatic rings. The molecule has 0 aromatic heterocycles. The summed E-state index contributed by atoms with van der Waals surface area (Å²) in [6, 6.07) is 0. The van der Waals surface area contributed by atoms with Crippen LogP contribution in [0.15, 0.2) is 16.8 Å². The second-order valence-electron chi connectivity index (χ2n) is 15.3. The lowest BCUT2D eigenvalue weighted by Gasteiger charge is -2.58. The zero-order chi connectivity index (χ0) is 30.0. The number of fused-ring (bicyclic) bond motifs is 5. The van der Waals surface area contributed by atoms with E-state index in [4.69, 9.17) is 4.84 Å². The molecule has 6 atom stereocenters. The maximum Gasteiger partial charge on any atom is 0.436 e. The van der Waals surface area contributed by atoms with Crippen molar-refractivity contribution < 1.29 is 18.9 Å². The van der Waals surface area contributed by atoms with Gasteiger partial charge in [-0.25, -0.2) is 4.79 Å². The van der Waals surface area contributed by atoms with E-state index in [-0.39, 0.29) is 16.9 Å². The number of ketones is 1. The highest BCUT2D eigenvalue weighted by Crippen LogP contribution is 2.66. The summed E-state index contributed by atoms with van der Waals surface area (Å²) >= 11 is 0. The Labute approximate surface area is 249 Å². The Morgan fingerprint density at radius 2 is 1.76 bits per heavy atom. The van der Waals surface area contributed by atoms with Crippen molar-refractivity contribution in [2.75, 3.05) is 74.5 Å². The van der Waals surface area contributed by atoms with Gasteiger partial charge in [0.05, 0.1) is 39.9 Å². The molecule has 0 saturated heterocycles. The average Bonchev–Trinajstić information content (AvgIpc) is 3.25. The van der Waals surface area contributed by atoms with Crippen molar-refractivity contribution in [1.29, 1.82) is 0 Å². The standard InChI is InChI=1S/C33H58N5O3/c1-24(35-41-31(40)37(21-22-38(6,7)8)20-18-34-17-19-36(4)5)28-11-12-29-27-10-9-25-23-26(39)13-15-32(25,2)30(27)14-16-33(28,29)3/h23,27-30,34H,9-22H2,1-8H3/q+1/b35-24+/t27-,28+,29-,30-,32-,33+/m0/s1. The number of nitrogens with one attached hydrogen (secondary N) is 1. The summed E-state index contributed by atoms with van der Waals surface area (Å²) < 4.78 is 0.788. The van der Waals surface area contributed by atoms with Crippen molar-refractivity contribution >= 4 is 17.6 Å². The third kappa shape index (κ3) is 7.24. The molecule has 3 fully saturated rings. The number of nitrogens with zero attached hydrogens (tertiary/aromatic N) is 4. The quantitative estimate of drug-likeness (QED) is 0.127. The zero-order valence-corrected chi connectivity index (χ0v) is 27.3. The molecule has 0 aromatic rings. The van der Waals surface area contributed by atoms with Gasteiger partial charge < -0.3 is 14.7 Å². The number of carbonyl (C=O) groups is 2. The van der Waals surface area contributed by atoms with Crippen LogP contribution in [-0.2, 0) is 9.63 Å². The summed E-state index contributed by atoms with van der Waals surface area (Å²) in [7, 11) is 10.6. The smallest absolute Gasteiger partial charge is 0.329 e. The number of amides is 1. The van der Waals surface area contributed by atoms with E-state index in [0.717, 1.165) is 61.6 Å². The van der Waals surface area contributed by atoms with E-state index in [1.807, 2.05) is 6.08 Å². The number of rotatable bonds is 11. The number of carbonyl (C=O) groups excluding carboxylic acids is 2. The molecule has 1 N–H and O–H groups in total. The van der Waals surface area contributed by atoms with Gasteiger partial charge in [-0.15, -0.1) is 0 Å². The Morgan fingerprint density at radius 3 is 2.46 bits per heavy atom. The van der Waals surface area contributed by atoms with Crippen LogP contribution in [0.2, 0.25) is 0 Å². The lowest BCUT2D eigenvalue weighted by molar-refractivity contribution is -0.869. The summed E-state index contributed by atoms with van der Waals surface area (Å²) in [5.74, 6) is 2.76. The molecule has 8 nitrogen and oxygen atoms in total. The molecule has 41 heavy (non-hydrogen) atoms. The van der Waals surface area contributed by atoms with Gasteiger partial charge >= 0.3 is 6.09 Å². The topological polar surface area (TPSA) is 74.2 Å². The van der Waals surface area contributed by atoms with Gasteiger partial charge in [-0.3, -0.25) is 14.5 Å². The van der Waals surface area contributed by atoms with Crippen LogP contribution >= 0.6 is 0 Å². The number of hydrogen-bond donors (Lipinski definition) is 1. The molecule has 0 aliphatic heterocycles. The van der Waals surface area contributed by atoms with Gasteiger partial charge in [-0.1, -0.05) is 24.6 Å². The fourth-order valence-electron chi connectivity index (χ4n) is 8.83. The van der Waals surface area contributed by atoms with E-state index >= 15 is 0 Å². The van der Waals surface area contributed by atoms with Crippen molar-refractivity contribution in [3.63, 3.8) is 0 Å². The SMILES string of the molecule is C/C(=N\OC(=O)N(CCNCCN(C)C)CC[N+](C)(C)C)[C@H]1CC[C@H]2[C@@H]3CCC4=CC(=O)CC[C@]4(C)[C@H]3CC[C@]12C. The second kappa shape index (κ2) is 12.8. The monoisotopic (exact) mass is 572 g/mol. The van der Waals surface area contributed by atoms with Crippen LogP contribution in [0.1, 0.15) is 72.1 Å². The van der Waals surface area contributed by atoms with E-state index in [0.29, 0.717) is 43.0 Å². The highest BCUT2D eigenvalue weighted by molar-refractivity contribution is 5.91. The average molecular weight is 573 g/mol. The molecule has 0 unspecified atom stereocenters. The van der Waals surface area contributed by atoms with Crippen molar-refractivity contribution in [1.82, 2.24) is 15.1 Å². The highest BCUT2D eigenvalue weighted by atomic mass is 16.7. The van der Waals surface area contributed by atoms with E-state index in [9.17, 15) is 9.59 Å². The molecular formula is C33H58N5O3+. The van der Waals surface area contributed by atoms with Crippen molar-refractivity contribution in [2.45, 2.75) is 72.1 Å². The lowest BCUT2D eigenvalue weighted by atomic mass is 9.46. The summed E-state index contributed by atoms with van der Waals surface area (Å²) in [5, 5.41) is 7.95. The third-order valence-electron chi connectivity index (χ3n) is 11.3. The number of allylic oxidation sites excluding steroid dienone is 1. The molecule has 1 amide bonds. The molecule has 232 valence electrons. The first-order valence-electron chi connectivity index (χ1n) is 16.1. The fourth-order valence-corrected chi connectivity index (χ4v) is 8.83. The maximum absolute atomic E-state index is 13.2. The predicted molar refractivity (Wildman–Crippen MR) is 166 cm³/mol. The molecule has 4 aliphatic carbocycles. The molecule has 0 spiro atoms. The Morgan fingerprint density at radius 1 is 1.02 bits per heavy atom. The summed E-state index contributed by atoms with van der Waals surface area (Å²) in [4.78, 5) is 35.0. The molecule has 0 bridgehead atoms. The Kier molecular flexibility index (Phi) is 10.1. The molecule has 0 heterocycles. The number of oxime groups is 1. The minimum atomic E-state index is -0.345. The minimum Gasteiger partial charge on any atom is -0.329 e. The van der Waals surface area contributed by atoms with Crippen LogP contribution in [0, 0.1) is 34.5 Å². The number of hydrogen-bond acceptors (Lipinski definition) is 6. The Bertz CT molecular complexity index is 1020. The van der Waals surface area contributed by atoms with Gasteiger partial charge in [0.2, 0.25) is 0 Å². The lowest BCUT2D eigenvalue weighted by Crippen LogP contribution is -2.51. The van der Waals surface area contributed by atoms with Gasteiger partial charge in [0, 0.05) is 38.5 Å². The molecule has 4 rings (SSSR count). The third-order valence-corrected chi connectivity index (χ3v) is 11.3. The Balaban J connectivity index is 1.39. The van der Waals surface area contributed by atoms with Crippen LogP contribution in [0.4, 0.5) is 4.79 Å². The summed E-state index contributed by atoms with van der Waals surface area (Å²) in [6.45, 7) is 11.7. The van der Waals surface area contributed by atoms with Crippen LogP contribution in [0.25, 0.3) is 0 Å². The van der Waals surface area contributed by atoms with Crippen LogP contribution in [0.3, 0.4) is 0 Å². The van der Waals surface area contributed by atoms with Crippen LogP contribution in [0.5, 0.6) is 0 Å². The van der Waals surface area contributed by atoms with Crippen molar-refractivity contribution in [2.24, 2.45) is 39.7 Å². The van der Waals surface area contributed by atoms with E-state index in [2.05, 4.69) is 71.4 Å². The highest BCUT2D eigenvalue weighted by Gasteiger charge is 2.59. The first-order chi connectivity index (χ1) is 19.2. The minimum absolute atomic E-state index is 0.197. The van der Waals surface area contributed by atoms with Gasteiger partial charge in [-0.05, 0) is 101 Å². The predicted octanol–water partition coefficient (Wildman–Crippen LogP) is 4.81. The summed E-state index contributed by atoms with van der Waals surface area (Å²) in [5.41, 5.74) is 2.80. The summed E-state index contributed by atoms with van der Waals surface area (Å²) in [6.07, 6.45) is 10.4. The second-order valence-corrected chi connectivity index (χ2v) is 15.3. The van der Waals surface area contributed by atoms with Gasteiger partial charge in [-0.2, -0.15) is 0 Å². The van der Waals surface area contributed by atoms with Crippen LogP contribution < -0.4 is 5.32 Å². The van der Waals surface area contributed by atoms with Gasteiger partial charge in [0.1, 0.15) is 0 Å². The molecular weight excluding hydrogens is 514 g/mol. The van der Waals surface area contributed by atoms with Crippen molar-refractivity contribution in [3.05, 3.63) is 11.6 Å². The van der Waals surface area contributed by atoms with E-state index in [1.54, 1.807) is 4.90 Å². The normalized spacial score (nSPS) is 33.6. The molecule has 0 radical (unpaired) electrons. The van der Waals surface area contributed by atoms with E-state index < -0.39 is 0 Å². The first kappa shape index (κ1) is 32.2. The molecule has 8 heteroatoms. The van der Waals surface area contributed by atoms with Crippen LogP contribution in [-0.4, -0.2) is 106 Å². The Hall–Kier alpha value is -1.77. The van der Waals surface area contributed by atoms with Crippen molar-refractivity contribution in [3.8, 4) is 0 Å². The van der Waals surface area contributed by atoms with Gasteiger partial charge in [0.25, 0.3) is 0 Å². The first-order valence-corrected chi connectivity index (χ1v) is 16.1. The maximum atomic E-state index is 13.2. The largest absolute Gasteiger partial charge is 0.436 e. The number of quaternary nitrogens is 1. The fraction of sp³-hybridized carbons (Fsp3) is 0.848. The van der Waals surface area contributed by atoms with Gasteiger partial charge in [0.15, 0.2) is 5.78 Å². The zero-order valence-electron chi connectivity index (χ0n) is 27.3. The molecule has 0 aromatic carbocycles. The molecule has 3 saturated carbocycles. The number of likely N-dealkylation sites (N-methyl/N-ethyl adjacent to an activating group) is 2. The van der Waals surface area contributed by atoms with E-state index in [1.165, 1.54) is 31.3 Å².